The fourth-order valence-electron chi connectivity index (χ4n) is 4.70. The van der Waals surface area contributed by atoms with E-state index < -0.39 is 0 Å². The summed E-state index contributed by atoms with van der Waals surface area (Å²) in [5.41, 5.74) is 0.580. The molecule has 1 amide bonds. The molecule has 5 heteroatoms. The van der Waals surface area contributed by atoms with Crippen LogP contribution < -0.4 is 4.74 Å². The Balaban J connectivity index is 1.46. The van der Waals surface area contributed by atoms with E-state index in [2.05, 4.69) is 11.8 Å². The zero-order chi connectivity index (χ0) is 20.6. The number of hydrogen-bond acceptors (Lipinski definition) is 3. The summed E-state index contributed by atoms with van der Waals surface area (Å²) >= 11 is 2.05. The summed E-state index contributed by atoms with van der Waals surface area (Å²) < 4.78 is 19.2. The average molecular weight is 422 g/mol. The molecule has 1 saturated carbocycles. The maximum absolute atomic E-state index is 13.7. The minimum atomic E-state index is -0.301. The van der Waals surface area contributed by atoms with Crippen LogP contribution in [0.3, 0.4) is 0 Å². The van der Waals surface area contributed by atoms with Gasteiger partial charge in [-0.3, -0.25) is 4.79 Å². The molecule has 0 spiro atoms. The lowest BCUT2D eigenvalue weighted by molar-refractivity contribution is -0.133. The Morgan fingerprint density at radius 3 is 2.59 bits per heavy atom. The summed E-state index contributed by atoms with van der Waals surface area (Å²) in [7, 11) is 0. The smallest absolute Gasteiger partial charge is 0.260 e. The first-order chi connectivity index (χ1) is 14.1. The molecule has 162 valence electrons. The zero-order valence-corrected chi connectivity index (χ0v) is 18.8. The zero-order valence-electron chi connectivity index (χ0n) is 18.0. The third-order valence-corrected chi connectivity index (χ3v) is 8.03. The molecule has 2 atom stereocenters. The molecule has 1 aliphatic carbocycles. The van der Waals surface area contributed by atoms with E-state index in [1.165, 1.54) is 63.2 Å². The number of carbonyl (C=O) groups excluding carboxylic acids is 1. The molecule has 1 saturated heterocycles. The van der Waals surface area contributed by atoms with Crippen LogP contribution >= 0.6 is 11.8 Å². The lowest BCUT2D eigenvalue weighted by Gasteiger charge is -2.26. The predicted molar refractivity (Wildman–Crippen MR) is 119 cm³/mol. The molecule has 0 N–H and O–H groups in total. The van der Waals surface area contributed by atoms with E-state index in [0.717, 1.165) is 18.4 Å². The van der Waals surface area contributed by atoms with Gasteiger partial charge in [-0.2, -0.15) is 11.8 Å². The quantitative estimate of drug-likeness (QED) is 0.554. The first-order valence-electron chi connectivity index (χ1n) is 11.3. The number of aryl methyl sites for hydroxylation is 1. The molecule has 29 heavy (non-hydrogen) atoms. The van der Waals surface area contributed by atoms with Crippen LogP contribution in [0.1, 0.15) is 63.9 Å². The highest BCUT2D eigenvalue weighted by molar-refractivity contribution is 8.00. The van der Waals surface area contributed by atoms with E-state index in [1.807, 2.05) is 11.8 Å². The van der Waals surface area contributed by atoms with Crippen molar-refractivity contribution < 1.29 is 13.9 Å². The van der Waals surface area contributed by atoms with Gasteiger partial charge in [0.2, 0.25) is 0 Å². The molecule has 1 aromatic rings. The van der Waals surface area contributed by atoms with Crippen LogP contribution in [0.25, 0.3) is 0 Å². The Bertz CT molecular complexity index is 660. The lowest BCUT2D eigenvalue weighted by Crippen LogP contribution is -2.39. The van der Waals surface area contributed by atoms with Gasteiger partial charge >= 0.3 is 0 Å². The van der Waals surface area contributed by atoms with Crippen LogP contribution in [0.15, 0.2) is 18.2 Å². The molecule has 0 bridgehead atoms. The number of thioether (sulfide) groups is 1. The van der Waals surface area contributed by atoms with Gasteiger partial charge in [0.15, 0.2) is 6.61 Å². The van der Waals surface area contributed by atoms with Gasteiger partial charge in [-0.25, -0.2) is 4.39 Å². The second-order valence-corrected chi connectivity index (χ2v) is 10.0. The SMILES string of the molecule is CCN(CC1CC(C2CCCCCCC2)CS1)C(=O)COc1ccc(C)c(F)c1. The summed E-state index contributed by atoms with van der Waals surface area (Å²) in [5, 5.41) is 0.533. The summed E-state index contributed by atoms with van der Waals surface area (Å²) in [6.07, 6.45) is 11.1. The van der Waals surface area contributed by atoms with Gasteiger partial charge in [0, 0.05) is 24.4 Å². The normalized spacial score (nSPS) is 23.4. The summed E-state index contributed by atoms with van der Waals surface area (Å²) in [6, 6.07) is 4.75. The van der Waals surface area contributed by atoms with E-state index in [0.29, 0.717) is 23.1 Å². The molecule has 1 aliphatic heterocycles. The van der Waals surface area contributed by atoms with Crippen molar-refractivity contribution in [3.63, 3.8) is 0 Å². The Hall–Kier alpha value is -1.23. The van der Waals surface area contributed by atoms with Crippen molar-refractivity contribution in [1.82, 2.24) is 4.90 Å². The number of benzene rings is 1. The monoisotopic (exact) mass is 421 g/mol. The molecule has 0 aromatic heterocycles. The van der Waals surface area contributed by atoms with Crippen molar-refractivity contribution in [3.8, 4) is 5.75 Å². The summed E-state index contributed by atoms with van der Waals surface area (Å²) in [4.78, 5) is 14.6. The van der Waals surface area contributed by atoms with Gasteiger partial charge in [0.25, 0.3) is 5.91 Å². The Morgan fingerprint density at radius 1 is 1.17 bits per heavy atom. The van der Waals surface area contributed by atoms with Crippen LogP contribution in [0.4, 0.5) is 4.39 Å². The lowest BCUT2D eigenvalue weighted by atomic mass is 9.81. The molecule has 3 rings (SSSR count). The van der Waals surface area contributed by atoms with E-state index in [-0.39, 0.29) is 18.3 Å². The number of carbonyl (C=O) groups is 1. The van der Waals surface area contributed by atoms with E-state index in [1.54, 1.807) is 19.1 Å². The number of hydrogen-bond donors (Lipinski definition) is 0. The van der Waals surface area contributed by atoms with Gasteiger partial charge in [0.1, 0.15) is 11.6 Å². The van der Waals surface area contributed by atoms with Gasteiger partial charge in [0.05, 0.1) is 0 Å². The van der Waals surface area contributed by atoms with Crippen LogP contribution in [0.5, 0.6) is 5.75 Å². The second kappa shape index (κ2) is 11.2. The molecule has 2 fully saturated rings. The van der Waals surface area contributed by atoms with Crippen LogP contribution in [0.2, 0.25) is 0 Å². The third-order valence-electron chi connectivity index (χ3n) is 6.59. The molecule has 3 nitrogen and oxygen atoms in total. The van der Waals surface area contributed by atoms with E-state index in [4.69, 9.17) is 4.74 Å². The third kappa shape index (κ3) is 6.63. The largest absolute Gasteiger partial charge is 0.484 e. The van der Waals surface area contributed by atoms with E-state index in [9.17, 15) is 9.18 Å². The van der Waals surface area contributed by atoms with Crippen LogP contribution in [0, 0.1) is 24.6 Å². The maximum Gasteiger partial charge on any atom is 0.260 e. The van der Waals surface area contributed by atoms with Crippen molar-refractivity contribution >= 4 is 17.7 Å². The molecule has 1 heterocycles. The van der Waals surface area contributed by atoms with Crippen molar-refractivity contribution in [3.05, 3.63) is 29.6 Å². The highest BCUT2D eigenvalue weighted by Crippen LogP contribution is 2.40. The first-order valence-corrected chi connectivity index (χ1v) is 12.4. The number of rotatable bonds is 7. The maximum atomic E-state index is 13.7. The Morgan fingerprint density at radius 2 is 1.90 bits per heavy atom. The Labute approximate surface area is 179 Å². The number of amides is 1. The molecule has 0 radical (unpaired) electrons. The highest BCUT2D eigenvalue weighted by Gasteiger charge is 2.32. The standard InChI is InChI=1S/C24H36FNO2S/c1-3-26(24(27)16-28-21-12-11-18(2)23(25)14-21)15-22-13-20(17-29-22)19-9-7-5-4-6-8-10-19/h11-12,14,19-20,22H,3-10,13,15-17H2,1-2H3. The van der Waals surface area contributed by atoms with Crippen molar-refractivity contribution in [2.75, 3.05) is 25.4 Å². The molecule has 1 aromatic carbocycles. The second-order valence-electron chi connectivity index (χ2n) is 8.69. The predicted octanol–water partition coefficient (Wildman–Crippen LogP) is 5.84. The topological polar surface area (TPSA) is 29.5 Å². The number of nitrogens with zero attached hydrogens (tertiary/aromatic N) is 1. The van der Waals surface area contributed by atoms with Crippen LogP contribution in [-0.2, 0) is 4.79 Å². The Kier molecular flexibility index (Phi) is 8.70. The van der Waals surface area contributed by atoms with Crippen molar-refractivity contribution in [2.24, 2.45) is 11.8 Å². The number of likely N-dealkylation sites (N-methyl/N-ethyl adjacent to an activating group) is 1. The van der Waals surface area contributed by atoms with Crippen molar-refractivity contribution in [1.29, 1.82) is 0 Å². The highest BCUT2D eigenvalue weighted by atomic mass is 32.2. The fourth-order valence-corrected chi connectivity index (χ4v) is 6.30. The van der Waals surface area contributed by atoms with Crippen LogP contribution in [-0.4, -0.2) is 41.5 Å². The van der Waals surface area contributed by atoms with Gasteiger partial charge in [-0.15, -0.1) is 0 Å². The van der Waals surface area contributed by atoms with Gasteiger partial charge < -0.3 is 9.64 Å². The summed E-state index contributed by atoms with van der Waals surface area (Å²) in [5.74, 6) is 3.06. The van der Waals surface area contributed by atoms with Crippen molar-refractivity contribution in [2.45, 2.75) is 70.5 Å². The molecular formula is C24H36FNO2S. The molecule has 2 aliphatic rings. The average Bonchev–Trinajstić information content (AvgIpc) is 3.15. The fraction of sp³-hybridized carbons (Fsp3) is 0.708. The summed E-state index contributed by atoms with van der Waals surface area (Å²) in [6.45, 7) is 5.20. The first kappa shape index (κ1) is 22.5. The minimum absolute atomic E-state index is 0.0107. The van der Waals surface area contributed by atoms with Gasteiger partial charge in [-0.1, -0.05) is 51.0 Å². The van der Waals surface area contributed by atoms with Gasteiger partial charge in [-0.05, 0) is 49.5 Å². The molecule has 2 unspecified atom stereocenters. The van der Waals surface area contributed by atoms with E-state index >= 15 is 0 Å². The molecular weight excluding hydrogens is 385 g/mol. The number of halogens is 1. The number of ether oxygens (including phenoxy) is 1. The minimum Gasteiger partial charge on any atom is -0.484 e.